The maximum absolute atomic E-state index is 5.92. The monoisotopic (exact) mass is 940 g/mol. The van der Waals surface area contributed by atoms with Crippen LogP contribution in [0.5, 0.6) is 0 Å². The Kier molecular flexibility index (Phi) is 13.7. The second-order valence-electron chi connectivity index (χ2n) is 20.0. The van der Waals surface area contributed by atoms with Crippen molar-refractivity contribution < 1.29 is 9.47 Å². The third kappa shape index (κ3) is 12.0. The summed E-state index contributed by atoms with van der Waals surface area (Å²) in [5.41, 5.74) is 7.70. The number of aromatic nitrogens is 6. The second-order valence-corrected chi connectivity index (χ2v) is 32.1. The summed E-state index contributed by atoms with van der Waals surface area (Å²) in [4.78, 5) is 20.0. The number of piperidine rings is 2. The van der Waals surface area contributed by atoms with Gasteiger partial charge >= 0.3 is 0 Å². The molecule has 13 heteroatoms. The fourth-order valence-corrected chi connectivity index (χ4v) is 10.1. The molecule has 10 nitrogen and oxygen atoms in total. The molecule has 0 radical (unpaired) electrons. The van der Waals surface area contributed by atoms with Crippen molar-refractivity contribution in [2.45, 2.75) is 77.7 Å². The highest BCUT2D eigenvalue weighted by atomic mass is 79.9. The van der Waals surface area contributed by atoms with Crippen LogP contribution in [0.15, 0.2) is 102 Å². The van der Waals surface area contributed by atoms with Gasteiger partial charge in [0.1, 0.15) is 24.8 Å². The van der Waals surface area contributed by atoms with Crippen molar-refractivity contribution in [3.8, 4) is 23.7 Å². The average Bonchev–Trinajstić information content (AvgIpc) is 3.74. The van der Waals surface area contributed by atoms with Crippen molar-refractivity contribution in [1.82, 2.24) is 34.4 Å². The summed E-state index contributed by atoms with van der Waals surface area (Å²) in [7, 11) is -2.05. The minimum absolute atomic E-state index is 0.135. The van der Waals surface area contributed by atoms with Crippen molar-refractivity contribution in [2.75, 3.05) is 44.3 Å². The van der Waals surface area contributed by atoms with E-state index in [1.54, 1.807) is 12.4 Å². The lowest BCUT2D eigenvalue weighted by Crippen LogP contribution is -2.24. The first kappa shape index (κ1) is 45.0. The molecule has 4 aromatic heterocycles. The van der Waals surface area contributed by atoms with Crippen molar-refractivity contribution >= 4 is 59.8 Å². The van der Waals surface area contributed by atoms with Crippen LogP contribution in [0.2, 0.25) is 51.4 Å². The van der Waals surface area contributed by atoms with Gasteiger partial charge in [-0.2, -0.15) is 0 Å². The van der Waals surface area contributed by atoms with Gasteiger partial charge in [0.25, 0.3) is 0 Å². The Morgan fingerprint density at radius 3 is 1.81 bits per heavy atom. The van der Waals surface area contributed by atoms with Gasteiger partial charge in [-0.05, 0) is 116 Å². The van der Waals surface area contributed by atoms with Gasteiger partial charge in [-0.25, -0.2) is 19.9 Å². The number of nitrogens with one attached hydrogen (secondary N) is 1. The number of rotatable bonds is 11. The fraction of sp³-hybridized carbons (Fsp3) is 0.440. The number of benzene rings is 2. The highest BCUT2D eigenvalue weighted by Gasteiger charge is 2.59. The van der Waals surface area contributed by atoms with Crippen LogP contribution in [0, 0.1) is 46.3 Å². The van der Waals surface area contributed by atoms with Gasteiger partial charge in [0.05, 0.1) is 40.1 Å². The zero-order valence-corrected chi connectivity index (χ0v) is 41.3. The Labute approximate surface area is 383 Å². The molecule has 0 amide bonds. The Morgan fingerprint density at radius 2 is 1.27 bits per heavy atom. The standard InChI is InChI=1S/C25H30N4OSi.C13H19BrN2OSi.C12H12N2/c1-31(2,3)13-12-30-19-29-18-27-23-14-22(7-8-24(23)29)28-16-20-15-25(20,17-28)10-9-21-6-4-5-11-26-21;1-18(2,3)7-6-17-10-16-9-15-12-8-11(14)4-5-13(12)16;1-2-6-14-11(3-1)4-5-12-7-10(12)8-13-9-12/h4-8,11,14,18,20H,12-13,15-17,19H2,1-3H3;4-5,8-9H,6-7,10H2,1-3H3;1-3,6,10,13H,7-9H2. The van der Waals surface area contributed by atoms with E-state index in [1.165, 1.54) is 30.6 Å². The number of pyridine rings is 2. The predicted octanol–water partition coefficient (Wildman–Crippen LogP) is 9.78. The summed E-state index contributed by atoms with van der Waals surface area (Å²) in [5.74, 6) is 14.8. The Bertz CT molecular complexity index is 2620. The Hall–Kier alpha value is -4.61. The van der Waals surface area contributed by atoms with Crippen LogP contribution in [0.1, 0.15) is 24.2 Å². The van der Waals surface area contributed by atoms with E-state index in [2.05, 4.69) is 138 Å². The molecular weight excluding hydrogens is 881 g/mol. The molecule has 6 aromatic rings. The first-order valence-electron chi connectivity index (χ1n) is 22.3. The lowest BCUT2D eigenvalue weighted by molar-refractivity contribution is 0.0897. The largest absolute Gasteiger partial charge is 0.370 e. The molecule has 4 aliphatic rings. The van der Waals surface area contributed by atoms with E-state index in [1.807, 2.05) is 65.8 Å². The van der Waals surface area contributed by atoms with Crippen LogP contribution in [0.4, 0.5) is 5.69 Å². The topological polar surface area (TPSA) is 95.1 Å². The predicted molar refractivity (Wildman–Crippen MR) is 264 cm³/mol. The van der Waals surface area contributed by atoms with E-state index < -0.39 is 16.1 Å². The van der Waals surface area contributed by atoms with Gasteiger partial charge in [-0.1, -0.05) is 79.2 Å². The summed E-state index contributed by atoms with van der Waals surface area (Å²) in [6.07, 6.45) is 9.81. The van der Waals surface area contributed by atoms with Crippen molar-refractivity contribution in [3.05, 3.63) is 114 Å². The molecule has 1 N–H and O–H groups in total. The number of anilines is 1. The molecule has 2 aromatic carbocycles. The third-order valence-electron chi connectivity index (χ3n) is 12.4. The maximum Gasteiger partial charge on any atom is 0.124 e. The molecule has 4 fully saturated rings. The minimum Gasteiger partial charge on any atom is -0.370 e. The molecular formula is C50H61BrN8O2Si2. The Balaban J connectivity index is 0.000000143. The van der Waals surface area contributed by atoms with Crippen molar-refractivity contribution in [1.29, 1.82) is 0 Å². The molecule has 2 saturated carbocycles. The van der Waals surface area contributed by atoms with Gasteiger partial charge in [-0.3, -0.25) is 0 Å². The lowest BCUT2D eigenvalue weighted by atomic mass is 10.1. The lowest BCUT2D eigenvalue weighted by Gasteiger charge is -2.21. The van der Waals surface area contributed by atoms with Gasteiger partial charge in [0, 0.05) is 77.0 Å². The quantitative estimate of drug-likeness (QED) is 0.0780. The zero-order chi connectivity index (χ0) is 44.1. The van der Waals surface area contributed by atoms with Gasteiger partial charge in [0.15, 0.2) is 0 Å². The van der Waals surface area contributed by atoms with Gasteiger partial charge in [-0.15, -0.1) is 0 Å². The van der Waals surface area contributed by atoms with Crippen LogP contribution in [-0.4, -0.2) is 84.6 Å². The summed E-state index contributed by atoms with van der Waals surface area (Å²) in [5, 5.41) is 3.38. The molecule has 2 aliphatic carbocycles. The van der Waals surface area contributed by atoms with Gasteiger partial charge < -0.3 is 28.8 Å². The molecule has 10 rings (SSSR count). The molecule has 63 heavy (non-hydrogen) atoms. The molecule has 4 atom stereocenters. The molecule has 2 aliphatic heterocycles. The van der Waals surface area contributed by atoms with Crippen LogP contribution < -0.4 is 10.2 Å². The van der Waals surface area contributed by atoms with Crippen molar-refractivity contribution in [2.24, 2.45) is 22.7 Å². The maximum atomic E-state index is 5.92. The summed E-state index contributed by atoms with van der Waals surface area (Å²) in [6, 6.07) is 26.9. The Morgan fingerprint density at radius 1 is 0.698 bits per heavy atom. The van der Waals surface area contributed by atoms with Gasteiger partial charge in [0.2, 0.25) is 0 Å². The normalized spacial score (nSPS) is 21.8. The molecule has 328 valence electrons. The summed E-state index contributed by atoms with van der Waals surface area (Å²) >= 11 is 3.45. The average molecular weight is 942 g/mol. The molecule has 6 heterocycles. The number of imidazole rings is 2. The van der Waals surface area contributed by atoms with E-state index in [4.69, 9.17) is 9.47 Å². The first-order valence-corrected chi connectivity index (χ1v) is 30.5. The fourth-order valence-electron chi connectivity index (χ4n) is 8.23. The highest BCUT2D eigenvalue weighted by molar-refractivity contribution is 9.10. The number of halogens is 1. The summed E-state index contributed by atoms with van der Waals surface area (Å²) in [6.45, 7) is 21.3. The molecule has 0 bridgehead atoms. The van der Waals surface area contributed by atoms with E-state index in [0.29, 0.717) is 24.8 Å². The van der Waals surface area contributed by atoms with Crippen molar-refractivity contribution in [3.63, 3.8) is 0 Å². The molecule has 0 spiro atoms. The van der Waals surface area contributed by atoms with Crippen LogP contribution >= 0.6 is 15.9 Å². The van der Waals surface area contributed by atoms with Crippen LogP contribution in [-0.2, 0) is 22.9 Å². The first-order chi connectivity index (χ1) is 30.3. The molecule has 2 saturated heterocycles. The summed E-state index contributed by atoms with van der Waals surface area (Å²) < 4.78 is 16.9. The van der Waals surface area contributed by atoms with E-state index in [9.17, 15) is 0 Å². The number of hydrogen-bond donors (Lipinski definition) is 1. The number of nitrogens with zero attached hydrogens (tertiary/aromatic N) is 7. The third-order valence-corrected chi connectivity index (χ3v) is 16.3. The number of fused-ring (bicyclic) bond motifs is 4. The smallest absolute Gasteiger partial charge is 0.124 e. The SMILES string of the molecule is C(#CC12CNCC1C2)c1ccccn1.C[Si](C)(C)CCOCn1cnc2cc(Br)ccc21.C[Si](C)(C)CCOCn1cnc2cc(N3CC4CC4(C#Cc4ccccn4)C3)ccc21. The minimum atomic E-state index is -1.06. The van der Waals surface area contributed by atoms with Crippen LogP contribution in [0.25, 0.3) is 22.1 Å². The number of ether oxygens (including phenoxy) is 2. The highest BCUT2D eigenvalue weighted by Crippen LogP contribution is 2.58. The molecule has 4 unspecified atom stereocenters. The second kappa shape index (κ2) is 19.2. The number of hydrogen-bond acceptors (Lipinski definition) is 8. The van der Waals surface area contributed by atoms with E-state index in [-0.39, 0.29) is 5.41 Å². The zero-order valence-electron chi connectivity index (χ0n) is 37.7. The van der Waals surface area contributed by atoms with E-state index >= 15 is 0 Å². The van der Waals surface area contributed by atoms with E-state index in [0.717, 1.165) is 83.2 Å². The van der Waals surface area contributed by atoms with Crippen LogP contribution in [0.3, 0.4) is 0 Å².